The lowest BCUT2D eigenvalue weighted by molar-refractivity contribution is 0.312. The van der Waals surface area contributed by atoms with E-state index < -0.39 is 0 Å². The molecular weight excluding hydrogens is 452 g/mol. The highest BCUT2D eigenvalue weighted by Gasteiger charge is 2.18. The number of fused-ring (bicyclic) bond motifs is 4. The van der Waals surface area contributed by atoms with E-state index in [2.05, 4.69) is 57.8 Å². The van der Waals surface area contributed by atoms with E-state index in [9.17, 15) is 4.79 Å². The van der Waals surface area contributed by atoms with Gasteiger partial charge in [0, 0.05) is 49.1 Å². The molecule has 0 atom stereocenters. The van der Waals surface area contributed by atoms with Gasteiger partial charge in [0.05, 0.1) is 12.1 Å². The molecule has 0 radical (unpaired) electrons. The maximum absolute atomic E-state index is 13.4. The molecule has 9 nitrogen and oxygen atoms in total. The largest absolute Gasteiger partial charge is 0.369 e. The predicted octanol–water partition coefficient (Wildman–Crippen LogP) is 3.58. The molecule has 1 aliphatic rings. The zero-order chi connectivity index (χ0) is 24.8. The average molecular weight is 481 g/mol. The Morgan fingerprint density at radius 1 is 1.06 bits per heavy atom. The molecule has 0 bridgehead atoms. The Hall–Kier alpha value is -4.24. The van der Waals surface area contributed by atoms with Crippen LogP contribution < -0.4 is 15.8 Å². The van der Waals surface area contributed by atoms with Crippen molar-refractivity contribution in [2.75, 3.05) is 43.4 Å². The average Bonchev–Trinajstić information content (AvgIpc) is 3.19. The van der Waals surface area contributed by atoms with Crippen LogP contribution in [0.1, 0.15) is 5.56 Å². The molecule has 1 N–H and O–H groups in total. The van der Waals surface area contributed by atoms with Crippen LogP contribution in [-0.4, -0.2) is 62.3 Å². The van der Waals surface area contributed by atoms with Gasteiger partial charge in [-0.2, -0.15) is 9.50 Å². The number of piperazine rings is 1. The molecule has 2 aromatic carbocycles. The lowest BCUT2D eigenvalue weighted by Crippen LogP contribution is -2.44. The fraction of sp³-hybridized carbons (Fsp3) is 0.259. The van der Waals surface area contributed by atoms with E-state index in [-0.39, 0.29) is 5.56 Å². The van der Waals surface area contributed by atoms with E-state index in [1.54, 1.807) is 16.8 Å². The first kappa shape index (κ1) is 22.2. The topological polar surface area (TPSA) is 83.6 Å². The second-order valence-corrected chi connectivity index (χ2v) is 9.29. The minimum atomic E-state index is -0.202. The van der Waals surface area contributed by atoms with Gasteiger partial charge in [-0.3, -0.25) is 9.48 Å². The van der Waals surface area contributed by atoms with E-state index in [4.69, 9.17) is 4.98 Å². The van der Waals surface area contributed by atoms with Crippen LogP contribution in [0.2, 0.25) is 0 Å². The Kier molecular flexibility index (Phi) is 5.41. The second kappa shape index (κ2) is 8.76. The first-order chi connectivity index (χ1) is 17.5. The van der Waals surface area contributed by atoms with Crippen molar-refractivity contribution in [2.45, 2.75) is 13.5 Å². The van der Waals surface area contributed by atoms with Gasteiger partial charge in [-0.1, -0.05) is 18.2 Å². The molecule has 1 fully saturated rings. The molecule has 0 spiro atoms. The summed E-state index contributed by atoms with van der Waals surface area (Å²) in [6, 6.07) is 14.1. The predicted molar refractivity (Wildman–Crippen MR) is 144 cm³/mol. The SMILES string of the molecule is C=CCn1c2ccccc2c2nc3nc(Nc4ccc(N5CCN(C)CC5)c(C)c4)ncc3c(=O)n21. The molecule has 3 aromatic heterocycles. The van der Waals surface area contributed by atoms with Crippen LogP contribution in [0, 0.1) is 6.92 Å². The fourth-order valence-corrected chi connectivity index (χ4v) is 4.99. The van der Waals surface area contributed by atoms with Crippen molar-refractivity contribution >= 4 is 44.9 Å². The number of rotatable bonds is 5. The molecule has 4 heterocycles. The number of nitrogens with zero attached hydrogens (tertiary/aromatic N) is 7. The van der Waals surface area contributed by atoms with Gasteiger partial charge in [-0.15, -0.1) is 6.58 Å². The zero-order valence-electron chi connectivity index (χ0n) is 20.5. The molecule has 1 aliphatic heterocycles. The maximum atomic E-state index is 13.4. The minimum Gasteiger partial charge on any atom is -0.369 e. The summed E-state index contributed by atoms with van der Waals surface area (Å²) in [6.45, 7) is 10.6. The molecular formula is C27H28N8O. The number of nitrogens with one attached hydrogen (secondary N) is 1. The minimum absolute atomic E-state index is 0.202. The number of allylic oxidation sites excluding steroid dienone is 1. The first-order valence-electron chi connectivity index (χ1n) is 12.1. The molecule has 0 aliphatic carbocycles. The van der Waals surface area contributed by atoms with Crippen molar-refractivity contribution in [3.63, 3.8) is 0 Å². The van der Waals surface area contributed by atoms with Gasteiger partial charge in [0.2, 0.25) is 5.95 Å². The van der Waals surface area contributed by atoms with Crippen LogP contribution in [0.3, 0.4) is 0 Å². The van der Waals surface area contributed by atoms with Gasteiger partial charge in [0.25, 0.3) is 5.56 Å². The van der Waals surface area contributed by atoms with E-state index in [0.717, 1.165) is 42.8 Å². The monoisotopic (exact) mass is 480 g/mol. The third-order valence-electron chi connectivity index (χ3n) is 6.87. The van der Waals surface area contributed by atoms with Crippen molar-refractivity contribution in [1.29, 1.82) is 0 Å². The van der Waals surface area contributed by atoms with Crippen LogP contribution in [0.4, 0.5) is 17.3 Å². The summed E-state index contributed by atoms with van der Waals surface area (Å²) in [4.78, 5) is 32.0. The number of anilines is 3. The Bertz CT molecular complexity index is 1680. The van der Waals surface area contributed by atoms with E-state index in [1.807, 2.05) is 35.0 Å². The Labute approximate surface area is 208 Å². The quantitative estimate of drug-likeness (QED) is 0.385. The highest BCUT2D eigenvalue weighted by Crippen LogP contribution is 2.26. The summed E-state index contributed by atoms with van der Waals surface area (Å²) in [5.41, 5.74) is 4.99. The maximum Gasteiger partial charge on any atom is 0.284 e. The lowest BCUT2D eigenvalue weighted by atomic mass is 10.1. The van der Waals surface area contributed by atoms with Gasteiger partial charge in [-0.25, -0.2) is 9.97 Å². The van der Waals surface area contributed by atoms with E-state index in [0.29, 0.717) is 29.2 Å². The highest BCUT2D eigenvalue weighted by atomic mass is 16.1. The van der Waals surface area contributed by atoms with E-state index in [1.165, 1.54) is 11.3 Å². The van der Waals surface area contributed by atoms with Crippen molar-refractivity contribution in [3.05, 3.63) is 77.2 Å². The molecule has 1 saturated heterocycles. The molecule has 0 saturated carbocycles. The van der Waals surface area contributed by atoms with Crippen LogP contribution in [0.5, 0.6) is 0 Å². The first-order valence-corrected chi connectivity index (χ1v) is 12.1. The lowest BCUT2D eigenvalue weighted by Gasteiger charge is -2.35. The van der Waals surface area contributed by atoms with Crippen molar-refractivity contribution in [3.8, 4) is 0 Å². The van der Waals surface area contributed by atoms with Crippen molar-refractivity contribution in [2.24, 2.45) is 0 Å². The Morgan fingerprint density at radius 3 is 2.64 bits per heavy atom. The third kappa shape index (κ3) is 3.68. The van der Waals surface area contributed by atoms with Crippen LogP contribution in [0.25, 0.3) is 27.6 Å². The standard InChI is InChI=1S/C27H28N8O/c1-4-11-34-23-8-6-5-7-20(23)25-30-24-21(26(36)35(25)34)17-28-27(31-24)29-19-9-10-22(18(2)16-19)33-14-12-32(3)13-15-33/h4-10,16-17H,1,11-15H2,2-3H3,(H,28,29,31). The smallest absolute Gasteiger partial charge is 0.284 e. The normalized spacial score (nSPS) is 14.7. The number of likely N-dealkylation sites (N-methyl/N-ethyl adjacent to an activating group) is 1. The van der Waals surface area contributed by atoms with E-state index >= 15 is 0 Å². The molecule has 5 aromatic rings. The van der Waals surface area contributed by atoms with Gasteiger partial charge in [0.1, 0.15) is 5.39 Å². The Morgan fingerprint density at radius 2 is 1.86 bits per heavy atom. The van der Waals surface area contributed by atoms with Gasteiger partial charge >= 0.3 is 0 Å². The molecule has 0 unspecified atom stereocenters. The zero-order valence-corrected chi connectivity index (χ0v) is 20.5. The molecule has 36 heavy (non-hydrogen) atoms. The second-order valence-electron chi connectivity index (χ2n) is 9.29. The van der Waals surface area contributed by atoms with Crippen molar-refractivity contribution < 1.29 is 0 Å². The summed E-state index contributed by atoms with van der Waals surface area (Å²) >= 11 is 0. The fourth-order valence-electron chi connectivity index (χ4n) is 4.99. The van der Waals surface area contributed by atoms with Crippen LogP contribution in [0.15, 0.2) is 66.1 Å². The summed E-state index contributed by atoms with van der Waals surface area (Å²) in [5, 5.41) is 4.55. The number of hydrogen-bond acceptors (Lipinski definition) is 7. The molecule has 6 rings (SSSR count). The number of aromatic nitrogens is 5. The molecule has 0 amide bonds. The summed E-state index contributed by atoms with van der Waals surface area (Å²) < 4.78 is 3.47. The number of benzene rings is 2. The summed E-state index contributed by atoms with van der Waals surface area (Å²) in [7, 11) is 2.16. The number of aryl methyl sites for hydroxylation is 1. The number of para-hydroxylation sites is 1. The molecule has 9 heteroatoms. The summed E-state index contributed by atoms with van der Waals surface area (Å²) in [6.07, 6.45) is 3.32. The number of hydrogen-bond donors (Lipinski definition) is 1. The van der Waals surface area contributed by atoms with Crippen LogP contribution in [-0.2, 0) is 6.54 Å². The Balaban J connectivity index is 1.37. The highest BCUT2D eigenvalue weighted by molar-refractivity contribution is 5.94. The van der Waals surface area contributed by atoms with Gasteiger partial charge in [-0.05, 0) is 49.9 Å². The third-order valence-corrected chi connectivity index (χ3v) is 6.87. The summed E-state index contributed by atoms with van der Waals surface area (Å²) in [5.74, 6) is 0.403. The van der Waals surface area contributed by atoms with Gasteiger partial charge in [0.15, 0.2) is 11.3 Å². The van der Waals surface area contributed by atoms with Gasteiger partial charge < -0.3 is 15.1 Å². The van der Waals surface area contributed by atoms with Crippen molar-refractivity contribution in [1.82, 2.24) is 29.0 Å². The molecule has 182 valence electrons. The van der Waals surface area contributed by atoms with Crippen LogP contribution >= 0.6 is 0 Å².